The first kappa shape index (κ1) is 13.3. The fourth-order valence-electron chi connectivity index (χ4n) is 3.14. The van der Waals surface area contributed by atoms with Crippen LogP contribution in [0.15, 0.2) is 0 Å². The van der Waals surface area contributed by atoms with Gasteiger partial charge in [0.05, 0.1) is 6.61 Å². The van der Waals surface area contributed by atoms with Crippen molar-refractivity contribution in [2.24, 2.45) is 0 Å². The van der Waals surface area contributed by atoms with Gasteiger partial charge in [-0.25, -0.2) is 0 Å². The molecular formula is C14H28N2O. The molecule has 2 heterocycles. The zero-order valence-electron chi connectivity index (χ0n) is 11.5. The van der Waals surface area contributed by atoms with E-state index in [0.717, 1.165) is 19.3 Å². The molecule has 0 radical (unpaired) electrons. The smallest absolute Gasteiger partial charge is 0.0647 e. The number of nitrogens with one attached hydrogen (secondary N) is 1. The topological polar surface area (TPSA) is 24.5 Å². The van der Waals surface area contributed by atoms with Crippen LogP contribution in [0.2, 0.25) is 0 Å². The molecule has 0 aliphatic carbocycles. The van der Waals surface area contributed by atoms with E-state index in [1.807, 2.05) is 0 Å². The van der Waals surface area contributed by atoms with Gasteiger partial charge in [-0.1, -0.05) is 6.92 Å². The summed E-state index contributed by atoms with van der Waals surface area (Å²) in [5, 5.41) is 3.65. The van der Waals surface area contributed by atoms with E-state index in [2.05, 4.69) is 24.1 Å². The summed E-state index contributed by atoms with van der Waals surface area (Å²) in [6.07, 6.45) is 6.38. The summed E-state index contributed by atoms with van der Waals surface area (Å²) in [6.45, 7) is 10.2. The van der Waals surface area contributed by atoms with Gasteiger partial charge in [0.15, 0.2) is 0 Å². The summed E-state index contributed by atoms with van der Waals surface area (Å²) in [5.74, 6) is 0. The maximum absolute atomic E-state index is 5.67. The van der Waals surface area contributed by atoms with Crippen LogP contribution in [0.1, 0.15) is 46.0 Å². The lowest BCUT2D eigenvalue weighted by molar-refractivity contribution is -0.0493. The Labute approximate surface area is 106 Å². The zero-order chi connectivity index (χ0) is 12.1. The Bertz CT molecular complexity index is 218. The van der Waals surface area contributed by atoms with E-state index in [4.69, 9.17) is 4.74 Å². The van der Waals surface area contributed by atoms with E-state index in [-0.39, 0.29) is 0 Å². The van der Waals surface area contributed by atoms with Crippen LogP contribution in [0.25, 0.3) is 0 Å². The van der Waals surface area contributed by atoms with Crippen LogP contribution in [0.3, 0.4) is 0 Å². The average Bonchev–Trinajstić information content (AvgIpc) is 2.38. The second-order valence-corrected chi connectivity index (χ2v) is 5.87. The van der Waals surface area contributed by atoms with Crippen molar-refractivity contribution in [1.29, 1.82) is 0 Å². The first-order valence-electron chi connectivity index (χ1n) is 7.31. The predicted molar refractivity (Wildman–Crippen MR) is 71.3 cm³/mol. The second kappa shape index (κ2) is 6.17. The Kier molecular flexibility index (Phi) is 4.83. The summed E-state index contributed by atoms with van der Waals surface area (Å²) in [6, 6.07) is 0.749. The van der Waals surface area contributed by atoms with Crippen molar-refractivity contribution in [3.8, 4) is 0 Å². The third-order valence-corrected chi connectivity index (χ3v) is 4.36. The SMILES string of the molecule is CCCNC1CCN(C2(C)CCCOC2)CC1. The summed E-state index contributed by atoms with van der Waals surface area (Å²) < 4.78 is 5.67. The Morgan fingerprint density at radius 1 is 1.35 bits per heavy atom. The Morgan fingerprint density at radius 3 is 2.71 bits per heavy atom. The van der Waals surface area contributed by atoms with Crippen LogP contribution < -0.4 is 5.32 Å². The molecule has 1 unspecified atom stereocenters. The lowest BCUT2D eigenvalue weighted by Crippen LogP contribution is -2.56. The highest BCUT2D eigenvalue weighted by Crippen LogP contribution is 2.28. The van der Waals surface area contributed by atoms with Crippen molar-refractivity contribution in [2.45, 2.75) is 57.5 Å². The molecule has 3 nitrogen and oxygen atoms in total. The number of hydrogen-bond acceptors (Lipinski definition) is 3. The molecule has 3 heteroatoms. The largest absolute Gasteiger partial charge is 0.380 e. The van der Waals surface area contributed by atoms with Gasteiger partial charge >= 0.3 is 0 Å². The molecule has 2 saturated heterocycles. The summed E-state index contributed by atoms with van der Waals surface area (Å²) in [4.78, 5) is 2.66. The number of hydrogen-bond donors (Lipinski definition) is 1. The number of ether oxygens (including phenoxy) is 1. The van der Waals surface area contributed by atoms with Crippen LogP contribution in [0.5, 0.6) is 0 Å². The first-order chi connectivity index (χ1) is 8.24. The number of likely N-dealkylation sites (tertiary alicyclic amines) is 1. The average molecular weight is 240 g/mol. The van der Waals surface area contributed by atoms with Crippen LogP contribution in [0.4, 0.5) is 0 Å². The Morgan fingerprint density at radius 2 is 2.12 bits per heavy atom. The molecule has 0 bridgehead atoms. The summed E-state index contributed by atoms with van der Waals surface area (Å²) in [7, 11) is 0. The zero-order valence-corrected chi connectivity index (χ0v) is 11.5. The standard InChI is InChI=1S/C14H28N2O/c1-3-8-15-13-5-9-16(10-6-13)14(2)7-4-11-17-12-14/h13,15H,3-12H2,1-2H3. The summed E-state index contributed by atoms with van der Waals surface area (Å²) >= 11 is 0. The third-order valence-electron chi connectivity index (χ3n) is 4.36. The van der Waals surface area contributed by atoms with Gasteiger partial charge in [0.25, 0.3) is 0 Å². The highest BCUT2D eigenvalue weighted by atomic mass is 16.5. The van der Waals surface area contributed by atoms with Crippen molar-refractivity contribution in [2.75, 3.05) is 32.8 Å². The molecular weight excluding hydrogens is 212 g/mol. The third kappa shape index (κ3) is 3.43. The molecule has 1 N–H and O–H groups in total. The van der Waals surface area contributed by atoms with Crippen LogP contribution in [-0.4, -0.2) is 49.3 Å². The number of nitrogens with zero attached hydrogens (tertiary/aromatic N) is 1. The quantitative estimate of drug-likeness (QED) is 0.813. The van der Waals surface area contributed by atoms with E-state index in [9.17, 15) is 0 Å². The van der Waals surface area contributed by atoms with Gasteiger partial charge in [0.1, 0.15) is 0 Å². The van der Waals surface area contributed by atoms with Crippen LogP contribution in [-0.2, 0) is 4.74 Å². The lowest BCUT2D eigenvalue weighted by Gasteiger charge is -2.46. The minimum Gasteiger partial charge on any atom is -0.380 e. The molecule has 2 fully saturated rings. The minimum absolute atomic E-state index is 0.313. The van der Waals surface area contributed by atoms with Crippen molar-refractivity contribution >= 4 is 0 Å². The number of piperidine rings is 1. The van der Waals surface area contributed by atoms with E-state index >= 15 is 0 Å². The molecule has 100 valence electrons. The van der Waals surface area contributed by atoms with Crippen LogP contribution >= 0.6 is 0 Å². The minimum atomic E-state index is 0.313. The van der Waals surface area contributed by atoms with Gasteiger partial charge < -0.3 is 10.1 Å². The Balaban J connectivity index is 1.77. The van der Waals surface area contributed by atoms with Gasteiger partial charge in [0.2, 0.25) is 0 Å². The van der Waals surface area contributed by atoms with Crippen molar-refractivity contribution in [3.05, 3.63) is 0 Å². The lowest BCUT2D eigenvalue weighted by atomic mass is 9.89. The van der Waals surface area contributed by atoms with Gasteiger partial charge in [-0.15, -0.1) is 0 Å². The summed E-state index contributed by atoms with van der Waals surface area (Å²) in [5.41, 5.74) is 0.313. The maximum atomic E-state index is 5.67. The van der Waals surface area contributed by atoms with Gasteiger partial charge in [-0.3, -0.25) is 4.90 Å². The van der Waals surface area contributed by atoms with Crippen molar-refractivity contribution in [3.63, 3.8) is 0 Å². The molecule has 1 atom stereocenters. The highest BCUT2D eigenvalue weighted by molar-refractivity contribution is 4.91. The van der Waals surface area contributed by atoms with Gasteiger partial charge in [-0.05, 0) is 45.6 Å². The van der Waals surface area contributed by atoms with Crippen molar-refractivity contribution in [1.82, 2.24) is 10.2 Å². The van der Waals surface area contributed by atoms with E-state index in [0.29, 0.717) is 5.54 Å². The molecule has 2 rings (SSSR count). The fourth-order valence-corrected chi connectivity index (χ4v) is 3.14. The van der Waals surface area contributed by atoms with Gasteiger partial charge in [0, 0.05) is 31.3 Å². The molecule has 0 saturated carbocycles. The fraction of sp³-hybridized carbons (Fsp3) is 1.00. The van der Waals surface area contributed by atoms with E-state index in [1.54, 1.807) is 0 Å². The molecule has 2 aliphatic heterocycles. The van der Waals surface area contributed by atoms with Crippen molar-refractivity contribution < 1.29 is 4.74 Å². The van der Waals surface area contributed by atoms with E-state index in [1.165, 1.54) is 51.7 Å². The molecule has 17 heavy (non-hydrogen) atoms. The Hall–Kier alpha value is -0.120. The molecule has 0 amide bonds. The van der Waals surface area contributed by atoms with Crippen LogP contribution in [0, 0.1) is 0 Å². The number of rotatable bonds is 4. The molecule has 2 aliphatic rings. The normalized spacial score (nSPS) is 32.8. The second-order valence-electron chi connectivity index (χ2n) is 5.87. The van der Waals surface area contributed by atoms with E-state index < -0.39 is 0 Å². The molecule has 0 aromatic carbocycles. The molecule has 0 aromatic heterocycles. The molecule has 0 aromatic rings. The predicted octanol–water partition coefficient (Wildman–Crippen LogP) is 2.02. The molecule has 0 spiro atoms. The van der Waals surface area contributed by atoms with Gasteiger partial charge in [-0.2, -0.15) is 0 Å². The first-order valence-corrected chi connectivity index (χ1v) is 7.31. The monoisotopic (exact) mass is 240 g/mol. The highest BCUT2D eigenvalue weighted by Gasteiger charge is 2.35. The maximum Gasteiger partial charge on any atom is 0.0647 e.